The molecule has 2 aromatic carbocycles. The molecule has 1 aromatic heterocycles. The Hall–Kier alpha value is -2.45. The fraction of sp³-hybridized carbons (Fsp3) is 0.300. The minimum atomic E-state index is -0.945. The van der Waals surface area contributed by atoms with Gasteiger partial charge in [0.2, 0.25) is 0 Å². The third-order valence-electron chi connectivity index (χ3n) is 4.62. The lowest BCUT2D eigenvalue weighted by atomic mass is 9.93. The summed E-state index contributed by atoms with van der Waals surface area (Å²) in [5.41, 5.74) is 8.69. The van der Waals surface area contributed by atoms with Crippen LogP contribution in [0.15, 0.2) is 54.7 Å². The fourth-order valence-corrected chi connectivity index (χ4v) is 2.70. The van der Waals surface area contributed by atoms with E-state index in [4.69, 9.17) is 10.5 Å². The Kier molecular flexibility index (Phi) is 7.53. The number of ether oxygens (including phenoxy) is 1. The first kappa shape index (κ1) is 21.8. The third-order valence-corrected chi connectivity index (χ3v) is 4.62. The lowest BCUT2D eigenvalue weighted by molar-refractivity contribution is 0.115. The number of halogens is 1. The van der Waals surface area contributed by atoms with Crippen molar-refractivity contribution in [3.8, 4) is 22.7 Å². The highest BCUT2D eigenvalue weighted by Crippen LogP contribution is 2.21. The van der Waals surface area contributed by atoms with Gasteiger partial charge in [0.1, 0.15) is 11.4 Å². The fourth-order valence-electron chi connectivity index (χ4n) is 2.70. The zero-order valence-corrected chi connectivity index (χ0v) is 16.5. The van der Waals surface area contributed by atoms with Gasteiger partial charge in [-0.05, 0) is 42.7 Å². The van der Waals surface area contributed by atoms with E-state index in [2.05, 4.69) is 10.3 Å². The van der Waals surface area contributed by atoms with Gasteiger partial charge >= 0.3 is 0 Å². The largest absolute Gasteiger partial charge is 0.497 e. The lowest BCUT2D eigenvalue weighted by Crippen LogP contribution is -2.47. The molecule has 0 aliphatic heterocycles. The molecule has 0 fully saturated rings. The standard InChI is InChI=1S/C20H24N4O3.ClH/c1-27-18-8-6-17(7-9-18)24-12-19(22-23-24)16-4-2-15(3-5-16)10-11-20(21,13-25)14-26;/h2-9,12,25-26H,10-11,13-14,21H2,1H3;1H. The van der Waals surface area contributed by atoms with Crippen LogP contribution in [0.1, 0.15) is 12.0 Å². The first-order chi connectivity index (χ1) is 13.1. The smallest absolute Gasteiger partial charge is 0.119 e. The number of aliphatic hydroxyl groups excluding tert-OH is 2. The van der Waals surface area contributed by atoms with Crippen molar-refractivity contribution in [1.29, 1.82) is 0 Å². The van der Waals surface area contributed by atoms with Gasteiger partial charge in [-0.25, -0.2) is 4.68 Å². The molecule has 3 aromatic rings. The second-order valence-electron chi connectivity index (χ2n) is 6.62. The summed E-state index contributed by atoms with van der Waals surface area (Å²) in [5.74, 6) is 0.790. The predicted octanol–water partition coefficient (Wildman–Crippen LogP) is 1.98. The summed E-state index contributed by atoms with van der Waals surface area (Å²) in [4.78, 5) is 0. The molecule has 0 amide bonds. The second-order valence-corrected chi connectivity index (χ2v) is 6.62. The molecule has 0 aliphatic carbocycles. The van der Waals surface area contributed by atoms with Crippen molar-refractivity contribution in [2.24, 2.45) is 5.73 Å². The van der Waals surface area contributed by atoms with Crippen LogP contribution in [0.25, 0.3) is 16.9 Å². The maximum absolute atomic E-state index is 9.27. The quantitative estimate of drug-likeness (QED) is 0.530. The van der Waals surface area contributed by atoms with Crippen LogP contribution in [-0.4, -0.2) is 51.1 Å². The number of aromatic nitrogens is 3. The average Bonchev–Trinajstić information content (AvgIpc) is 3.22. The molecular formula is C20H25ClN4O3. The van der Waals surface area contributed by atoms with E-state index < -0.39 is 5.54 Å². The Morgan fingerprint density at radius 2 is 1.68 bits per heavy atom. The molecule has 8 heteroatoms. The maximum Gasteiger partial charge on any atom is 0.119 e. The molecule has 28 heavy (non-hydrogen) atoms. The van der Waals surface area contributed by atoms with Crippen molar-refractivity contribution in [2.45, 2.75) is 18.4 Å². The van der Waals surface area contributed by atoms with Crippen molar-refractivity contribution in [3.05, 3.63) is 60.3 Å². The van der Waals surface area contributed by atoms with E-state index >= 15 is 0 Å². The number of hydrogen-bond donors (Lipinski definition) is 3. The lowest BCUT2D eigenvalue weighted by Gasteiger charge is -2.24. The van der Waals surface area contributed by atoms with Gasteiger partial charge in [-0.15, -0.1) is 17.5 Å². The predicted molar refractivity (Wildman–Crippen MR) is 110 cm³/mol. The van der Waals surface area contributed by atoms with Crippen LogP contribution < -0.4 is 10.5 Å². The summed E-state index contributed by atoms with van der Waals surface area (Å²) in [6.07, 6.45) is 3.06. The van der Waals surface area contributed by atoms with Crippen molar-refractivity contribution in [2.75, 3.05) is 20.3 Å². The molecule has 3 rings (SSSR count). The summed E-state index contributed by atoms with van der Waals surface area (Å²) in [6, 6.07) is 15.5. The minimum Gasteiger partial charge on any atom is -0.497 e. The monoisotopic (exact) mass is 404 g/mol. The molecule has 7 nitrogen and oxygen atoms in total. The number of rotatable bonds is 8. The highest BCUT2D eigenvalue weighted by Gasteiger charge is 2.22. The number of aliphatic hydroxyl groups is 2. The van der Waals surface area contributed by atoms with E-state index in [0.717, 1.165) is 28.3 Å². The number of hydrogen-bond acceptors (Lipinski definition) is 6. The van der Waals surface area contributed by atoms with Gasteiger partial charge in [-0.3, -0.25) is 0 Å². The molecular weight excluding hydrogens is 380 g/mol. The van der Waals surface area contributed by atoms with Crippen LogP contribution in [0.5, 0.6) is 5.75 Å². The van der Waals surface area contributed by atoms with Gasteiger partial charge in [0.15, 0.2) is 0 Å². The van der Waals surface area contributed by atoms with Crippen molar-refractivity contribution in [1.82, 2.24) is 15.0 Å². The Bertz CT molecular complexity index is 862. The molecule has 0 atom stereocenters. The Labute approximate surface area is 170 Å². The van der Waals surface area contributed by atoms with E-state index in [0.29, 0.717) is 12.8 Å². The normalized spacial score (nSPS) is 11.1. The SMILES string of the molecule is COc1ccc(-n2cc(-c3ccc(CCC(N)(CO)CO)cc3)nn2)cc1.Cl. The molecule has 0 bridgehead atoms. The van der Waals surface area contributed by atoms with Gasteiger partial charge < -0.3 is 20.7 Å². The molecule has 1 heterocycles. The van der Waals surface area contributed by atoms with Crippen LogP contribution in [0.3, 0.4) is 0 Å². The summed E-state index contributed by atoms with van der Waals surface area (Å²) >= 11 is 0. The van der Waals surface area contributed by atoms with Gasteiger partial charge in [-0.1, -0.05) is 29.5 Å². The Balaban J connectivity index is 0.00000280. The first-order valence-electron chi connectivity index (χ1n) is 8.73. The molecule has 150 valence electrons. The van der Waals surface area contributed by atoms with Gasteiger partial charge in [0, 0.05) is 5.56 Å². The number of aryl methyl sites for hydroxylation is 1. The molecule has 0 saturated carbocycles. The molecule has 0 saturated heterocycles. The van der Waals surface area contributed by atoms with E-state index in [1.54, 1.807) is 11.8 Å². The van der Waals surface area contributed by atoms with Gasteiger partial charge in [0.25, 0.3) is 0 Å². The maximum atomic E-state index is 9.27. The number of nitrogens with two attached hydrogens (primary N) is 1. The summed E-state index contributed by atoms with van der Waals surface area (Å²) in [6.45, 7) is -0.480. The Morgan fingerprint density at radius 1 is 1.04 bits per heavy atom. The zero-order valence-electron chi connectivity index (χ0n) is 15.7. The van der Waals surface area contributed by atoms with Gasteiger partial charge in [-0.2, -0.15) is 0 Å². The van der Waals surface area contributed by atoms with Crippen LogP contribution in [0, 0.1) is 0 Å². The summed E-state index contributed by atoms with van der Waals surface area (Å²) < 4.78 is 6.88. The molecule has 0 aliphatic rings. The molecule has 0 spiro atoms. The first-order valence-corrected chi connectivity index (χ1v) is 8.73. The van der Waals surface area contributed by atoms with Crippen LogP contribution in [-0.2, 0) is 6.42 Å². The van der Waals surface area contributed by atoms with Crippen molar-refractivity contribution in [3.63, 3.8) is 0 Å². The van der Waals surface area contributed by atoms with Gasteiger partial charge in [0.05, 0.1) is 37.7 Å². The topological polar surface area (TPSA) is 106 Å². The second kappa shape index (κ2) is 9.66. The average molecular weight is 405 g/mol. The van der Waals surface area contributed by atoms with Crippen molar-refractivity contribution >= 4 is 12.4 Å². The summed E-state index contributed by atoms with van der Waals surface area (Å²) in [5, 5.41) is 27.0. The highest BCUT2D eigenvalue weighted by atomic mass is 35.5. The van der Waals surface area contributed by atoms with E-state index in [-0.39, 0.29) is 25.6 Å². The third kappa shape index (κ3) is 5.08. The number of benzene rings is 2. The number of nitrogens with zero attached hydrogens (tertiary/aromatic N) is 3. The molecule has 0 unspecified atom stereocenters. The van der Waals surface area contributed by atoms with Crippen LogP contribution >= 0.6 is 12.4 Å². The summed E-state index contributed by atoms with van der Waals surface area (Å²) in [7, 11) is 1.63. The van der Waals surface area contributed by atoms with E-state index in [9.17, 15) is 10.2 Å². The number of methoxy groups -OCH3 is 1. The molecule has 0 radical (unpaired) electrons. The van der Waals surface area contributed by atoms with Crippen molar-refractivity contribution < 1.29 is 14.9 Å². The minimum absolute atomic E-state index is 0. The van der Waals surface area contributed by atoms with Crippen LogP contribution in [0.2, 0.25) is 0 Å². The zero-order chi connectivity index (χ0) is 19.3. The van der Waals surface area contributed by atoms with E-state index in [1.807, 2.05) is 54.7 Å². The highest BCUT2D eigenvalue weighted by molar-refractivity contribution is 5.85. The molecule has 4 N–H and O–H groups in total. The van der Waals surface area contributed by atoms with Crippen LogP contribution in [0.4, 0.5) is 0 Å². The van der Waals surface area contributed by atoms with E-state index in [1.165, 1.54) is 0 Å². The Morgan fingerprint density at radius 3 is 2.25 bits per heavy atom.